The molecule has 0 fully saturated rings. The number of ketones is 1. The fraction of sp³-hybridized carbons (Fsp3) is 0.229. The van der Waals surface area contributed by atoms with E-state index in [1.165, 1.54) is 36.1 Å². The van der Waals surface area contributed by atoms with Gasteiger partial charge in [-0.2, -0.15) is 0 Å². The number of aromatic nitrogens is 2. The van der Waals surface area contributed by atoms with Crippen molar-refractivity contribution in [2.75, 3.05) is 13.1 Å². The third kappa shape index (κ3) is 25.3. The van der Waals surface area contributed by atoms with Crippen LogP contribution in [0.5, 0.6) is 0 Å². The van der Waals surface area contributed by atoms with Crippen molar-refractivity contribution in [2.45, 2.75) is 40.5 Å². The number of pyridine rings is 2. The summed E-state index contributed by atoms with van der Waals surface area (Å²) in [5.74, 6) is -5.75. The molecule has 0 amide bonds. The molecular formula is C35H44CuN4O11. The number of carbonyl (C=O) groups excluding carboxylic acids is 5. The van der Waals surface area contributed by atoms with Crippen LogP contribution in [-0.4, -0.2) is 63.7 Å². The molecule has 0 unspecified atom stereocenters. The molecule has 2 aromatic carbocycles. The van der Waals surface area contributed by atoms with Crippen molar-refractivity contribution in [3.63, 3.8) is 0 Å². The van der Waals surface area contributed by atoms with Crippen LogP contribution in [0.2, 0.25) is 0 Å². The first-order valence-electron chi connectivity index (χ1n) is 14.5. The van der Waals surface area contributed by atoms with Crippen molar-refractivity contribution < 1.29 is 83.9 Å². The topological polar surface area (TPSA) is 322 Å². The average molecular weight is 760 g/mol. The Bertz CT molecular complexity index is 1440. The zero-order valence-electron chi connectivity index (χ0n) is 28.7. The smallest absolute Gasteiger partial charge is 0.545 e. The van der Waals surface area contributed by atoms with Gasteiger partial charge in [0, 0.05) is 36.4 Å². The number of carboxylic acid groups (broad SMARTS) is 4. The van der Waals surface area contributed by atoms with Crippen LogP contribution < -0.4 is 31.9 Å². The van der Waals surface area contributed by atoms with E-state index in [0.717, 1.165) is 62.6 Å². The maximum Gasteiger partial charge on any atom is 2.00 e. The molecule has 4 rings (SSSR count). The predicted molar refractivity (Wildman–Crippen MR) is 175 cm³/mol. The predicted octanol–water partition coefficient (Wildman–Crippen LogP) is -3.88. The largest absolute Gasteiger partial charge is 2.00 e. The molecule has 15 nitrogen and oxygen atoms in total. The zero-order valence-corrected chi connectivity index (χ0v) is 29.6. The third-order valence-electron chi connectivity index (χ3n) is 5.58. The van der Waals surface area contributed by atoms with Crippen molar-refractivity contribution in [2.24, 2.45) is 0 Å². The summed E-state index contributed by atoms with van der Waals surface area (Å²) in [4.78, 5) is 57.0. The molecule has 1 radical (unpaired) electrons. The van der Waals surface area contributed by atoms with E-state index in [9.17, 15) is 44.4 Å². The van der Waals surface area contributed by atoms with Crippen LogP contribution in [0.4, 0.5) is 0 Å². The van der Waals surface area contributed by atoms with Gasteiger partial charge in [0.25, 0.3) is 0 Å². The number of rotatable bonds is 8. The molecule has 0 aliphatic carbocycles. The van der Waals surface area contributed by atoms with E-state index in [1.807, 2.05) is 0 Å². The van der Waals surface area contributed by atoms with Gasteiger partial charge in [0.15, 0.2) is 0 Å². The fourth-order valence-electron chi connectivity index (χ4n) is 3.26. The number of quaternary nitrogens is 2. The first kappa shape index (κ1) is 52.5. The van der Waals surface area contributed by atoms with E-state index >= 15 is 0 Å². The average Bonchev–Trinajstić information content (AvgIpc) is 3.04. The van der Waals surface area contributed by atoms with E-state index in [-0.39, 0.29) is 44.9 Å². The molecule has 2 heterocycles. The molecule has 0 saturated carbocycles. The SMILES string of the molecule is CC(C)=O.Cc1ccc(CC[NH3+])cc1.Cc1ccc(CC[NH3+])cc1.O.O.O=C([O-])c1ccnc(C(=O)[O-])c1.O=C([O-])c1ccnc(C(=O)[O-])c1.[Cu+2]. The van der Waals surface area contributed by atoms with Gasteiger partial charge in [-0.15, -0.1) is 0 Å². The fourth-order valence-corrected chi connectivity index (χ4v) is 3.26. The van der Waals surface area contributed by atoms with Crippen molar-refractivity contribution in [3.05, 3.63) is 130 Å². The first-order chi connectivity index (χ1) is 22.6. The molecule has 2 aromatic heterocycles. The van der Waals surface area contributed by atoms with Gasteiger partial charge in [-0.25, -0.2) is 0 Å². The molecule has 0 aliphatic rings. The monoisotopic (exact) mass is 759 g/mol. The molecule has 51 heavy (non-hydrogen) atoms. The second-order valence-corrected chi connectivity index (χ2v) is 10.1. The zero-order chi connectivity index (χ0) is 36.6. The van der Waals surface area contributed by atoms with Crippen molar-refractivity contribution in [1.29, 1.82) is 0 Å². The van der Waals surface area contributed by atoms with Gasteiger partial charge in [0.2, 0.25) is 0 Å². The van der Waals surface area contributed by atoms with E-state index in [0.29, 0.717) is 0 Å². The summed E-state index contributed by atoms with van der Waals surface area (Å²) in [6.45, 7) is 9.24. The molecule has 0 aliphatic heterocycles. The van der Waals surface area contributed by atoms with Crippen LogP contribution in [0.15, 0.2) is 85.2 Å². The molecule has 0 bridgehead atoms. The van der Waals surface area contributed by atoms with Crippen LogP contribution in [0.25, 0.3) is 0 Å². The number of aryl methyl sites for hydroxylation is 2. The minimum absolute atomic E-state index is 0. The van der Waals surface area contributed by atoms with Gasteiger partial charge in [-0.1, -0.05) is 59.7 Å². The van der Waals surface area contributed by atoms with Gasteiger partial charge >= 0.3 is 17.1 Å². The Morgan fingerprint density at radius 2 is 0.824 bits per heavy atom. The first-order valence-corrected chi connectivity index (χ1v) is 14.5. The Labute approximate surface area is 306 Å². The summed E-state index contributed by atoms with van der Waals surface area (Å²) in [5.41, 5.74) is 11.7. The molecule has 0 spiro atoms. The number of carboxylic acids is 4. The number of hydrogen-bond donors (Lipinski definition) is 2. The van der Waals surface area contributed by atoms with Gasteiger partial charge in [-0.3, -0.25) is 9.97 Å². The maximum absolute atomic E-state index is 10.2. The molecule has 0 saturated heterocycles. The summed E-state index contributed by atoms with van der Waals surface area (Å²) in [7, 11) is 0. The molecule has 10 N–H and O–H groups in total. The summed E-state index contributed by atoms with van der Waals surface area (Å²) in [6.07, 6.45) is 4.33. The van der Waals surface area contributed by atoms with Crippen LogP contribution >= 0.6 is 0 Å². The number of benzene rings is 2. The minimum atomic E-state index is -1.52. The van der Waals surface area contributed by atoms with Crippen LogP contribution in [0, 0.1) is 13.8 Å². The van der Waals surface area contributed by atoms with Gasteiger partial charge in [-0.05, 0) is 63.1 Å². The molecule has 4 aromatic rings. The Morgan fingerprint density at radius 3 is 1.04 bits per heavy atom. The van der Waals surface area contributed by atoms with Crippen LogP contribution in [-0.2, 0) is 34.7 Å². The Balaban J connectivity index is -0.000000274. The summed E-state index contributed by atoms with van der Waals surface area (Å²) in [6, 6.07) is 21.3. The Kier molecular flexibility index (Phi) is 30.4. The number of aromatic carboxylic acids is 4. The molecule has 16 heteroatoms. The Hall–Kier alpha value is -5.35. The van der Waals surface area contributed by atoms with Gasteiger partial charge < -0.3 is 66.8 Å². The van der Waals surface area contributed by atoms with E-state index < -0.39 is 35.3 Å². The van der Waals surface area contributed by atoms with Crippen molar-refractivity contribution in [3.8, 4) is 0 Å². The van der Waals surface area contributed by atoms with E-state index in [4.69, 9.17) is 0 Å². The van der Waals surface area contributed by atoms with E-state index in [2.05, 4.69) is 83.8 Å². The number of Topliss-reactive ketones (excluding diaryl/α,β-unsaturated/α-hetero) is 1. The van der Waals surface area contributed by atoms with Crippen LogP contribution in [0.1, 0.15) is 77.8 Å². The summed E-state index contributed by atoms with van der Waals surface area (Å²) in [5, 5.41) is 40.8. The van der Waals surface area contributed by atoms with Crippen molar-refractivity contribution in [1.82, 2.24) is 9.97 Å². The third-order valence-corrected chi connectivity index (χ3v) is 5.58. The normalized spacial score (nSPS) is 8.75. The molecule has 0 atom stereocenters. The number of hydrogen-bond acceptors (Lipinski definition) is 11. The van der Waals surface area contributed by atoms with Gasteiger partial charge in [0.05, 0.1) is 48.4 Å². The second kappa shape index (κ2) is 29.6. The maximum atomic E-state index is 10.2. The molecular weight excluding hydrogens is 716 g/mol. The van der Waals surface area contributed by atoms with Crippen molar-refractivity contribution >= 4 is 29.7 Å². The quantitative estimate of drug-likeness (QED) is 0.164. The van der Waals surface area contributed by atoms with E-state index in [1.54, 1.807) is 0 Å². The second-order valence-electron chi connectivity index (χ2n) is 10.1. The van der Waals surface area contributed by atoms with Crippen LogP contribution in [0.3, 0.4) is 0 Å². The number of carbonyl (C=O) groups is 5. The van der Waals surface area contributed by atoms with Gasteiger partial charge in [0.1, 0.15) is 5.78 Å². The summed E-state index contributed by atoms with van der Waals surface area (Å²) >= 11 is 0. The Morgan fingerprint density at radius 1 is 0.549 bits per heavy atom. The summed E-state index contributed by atoms with van der Waals surface area (Å²) < 4.78 is 0. The standard InChI is InChI=1S/2C9H13N.2C7H5NO4.C3H6O.Cu.2H2O/c2*1-8-2-4-9(5-3-8)6-7-10;2*9-6(10)4-1-2-8-5(3-4)7(11)12;1-3(2)4;;;/h2*2-5H,6-7,10H2,1H3;2*1-3H,(H,9,10)(H,11,12);1-2H3;;2*1H2/q;;;;;+2;;/p-2. The minimum Gasteiger partial charge on any atom is -0.545 e. The molecule has 281 valence electrons. The number of nitrogens with zero attached hydrogens (tertiary/aromatic N) is 2.